The van der Waals surface area contributed by atoms with Crippen LogP contribution in [0.1, 0.15) is 34.0 Å². The fraction of sp³-hybridized carbons (Fsp3) is 0.265. The number of hydrogen-bond donors (Lipinski definition) is 3. The molecule has 0 bridgehead atoms. The lowest BCUT2D eigenvalue weighted by molar-refractivity contribution is -0.138. The Morgan fingerprint density at radius 3 is 2.42 bits per heavy atom. The van der Waals surface area contributed by atoms with Crippen LogP contribution in [0.15, 0.2) is 85.6 Å². The van der Waals surface area contributed by atoms with Crippen molar-refractivity contribution in [1.29, 1.82) is 0 Å². The van der Waals surface area contributed by atoms with E-state index in [4.69, 9.17) is 0 Å². The highest BCUT2D eigenvalue weighted by atomic mass is 19.4. The number of imidazole rings is 1. The molecular formula is C34H35F3N10O. The van der Waals surface area contributed by atoms with Crippen LogP contribution in [0.2, 0.25) is 0 Å². The van der Waals surface area contributed by atoms with Gasteiger partial charge in [0.15, 0.2) is 0 Å². The molecule has 0 radical (unpaired) electrons. The number of anilines is 5. The van der Waals surface area contributed by atoms with E-state index in [1.165, 1.54) is 18.5 Å². The highest BCUT2D eigenvalue weighted by molar-refractivity contribution is 6.04. The van der Waals surface area contributed by atoms with Gasteiger partial charge in [-0.25, -0.2) is 19.9 Å². The van der Waals surface area contributed by atoms with E-state index >= 15 is 0 Å². The summed E-state index contributed by atoms with van der Waals surface area (Å²) in [4.78, 5) is 34.8. The van der Waals surface area contributed by atoms with Crippen molar-refractivity contribution in [3.63, 3.8) is 0 Å². The molecule has 1 aliphatic heterocycles. The number of pyridine rings is 1. The van der Waals surface area contributed by atoms with E-state index in [-0.39, 0.29) is 17.7 Å². The van der Waals surface area contributed by atoms with Crippen LogP contribution < -0.4 is 16.0 Å². The van der Waals surface area contributed by atoms with Gasteiger partial charge in [-0.3, -0.25) is 14.3 Å². The van der Waals surface area contributed by atoms with E-state index in [2.05, 4.69) is 47.7 Å². The average molecular weight is 657 g/mol. The highest BCUT2D eigenvalue weighted by Gasteiger charge is 2.34. The average Bonchev–Trinajstić information content (AvgIpc) is 3.55. The van der Waals surface area contributed by atoms with Gasteiger partial charge in [0.25, 0.3) is 5.91 Å². The number of likely N-dealkylation sites (N-methyl/N-ethyl adjacent to an activating group) is 1. The monoisotopic (exact) mass is 656 g/mol. The summed E-state index contributed by atoms with van der Waals surface area (Å²) in [6.07, 6.45) is 1.86. The number of piperazine rings is 1. The van der Waals surface area contributed by atoms with Gasteiger partial charge in [0, 0.05) is 74.3 Å². The summed E-state index contributed by atoms with van der Waals surface area (Å²) in [5.74, 6) is 1.51. The van der Waals surface area contributed by atoms with E-state index in [1.54, 1.807) is 47.4 Å². The van der Waals surface area contributed by atoms with Crippen molar-refractivity contribution in [3.05, 3.63) is 108 Å². The number of carbonyl (C=O) groups is 1. The van der Waals surface area contributed by atoms with Gasteiger partial charge in [-0.1, -0.05) is 25.1 Å². The zero-order chi connectivity index (χ0) is 33.7. The van der Waals surface area contributed by atoms with Crippen LogP contribution in [0, 0.1) is 6.92 Å². The minimum Gasteiger partial charge on any atom is -0.325 e. The summed E-state index contributed by atoms with van der Waals surface area (Å²) in [6, 6.07) is 16.2. The third-order valence-corrected chi connectivity index (χ3v) is 8.19. The first kappa shape index (κ1) is 32.6. The Morgan fingerprint density at radius 1 is 0.854 bits per heavy atom. The second-order valence-corrected chi connectivity index (χ2v) is 11.4. The number of nitrogens with zero attached hydrogens (tertiary/aromatic N) is 7. The molecule has 1 aliphatic rings. The number of halogens is 3. The van der Waals surface area contributed by atoms with Gasteiger partial charge in [0.2, 0.25) is 5.95 Å². The van der Waals surface area contributed by atoms with E-state index in [9.17, 15) is 18.0 Å². The van der Waals surface area contributed by atoms with Gasteiger partial charge in [-0.15, -0.1) is 0 Å². The number of aryl methyl sites for hydroxylation is 1. The molecule has 3 N–H and O–H groups in total. The molecule has 2 aromatic carbocycles. The summed E-state index contributed by atoms with van der Waals surface area (Å²) >= 11 is 0. The zero-order valence-corrected chi connectivity index (χ0v) is 26.5. The van der Waals surface area contributed by atoms with Gasteiger partial charge in [-0.05, 0) is 61.0 Å². The number of carbonyl (C=O) groups excluding carboxylic acids is 1. The molecule has 248 valence electrons. The van der Waals surface area contributed by atoms with E-state index in [1.807, 2.05) is 30.0 Å². The second-order valence-electron chi connectivity index (χ2n) is 11.4. The first-order valence-corrected chi connectivity index (χ1v) is 15.5. The molecule has 5 aromatic rings. The lowest BCUT2D eigenvalue weighted by Gasteiger charge is -2.34. The van der Waals surface area contributed by atoms with Gasteiger partial charge in [0.1, 0.15) is 23.8 Å². The van der Waals surface area contributed by atoms with Crippen LogP contribution in [-0.4, -0.2) is 72.9 Å². The topological polar surface area (TPSA) is 116 Å². The normalized spacial score (nSPS) is 14.1. The molecule has 6 rings (SSSR count). The molecule has 1 amide bonds. The molecule has 48 heavy (non-hydrogen) atoms. The predicted octanol–water partition coefficient (Wildman–Crippen LogP) is 6.26. The Balaban J connectivity index is 1.17. The number of aromatic nitrogens is 5. The zero-order valence-electron chi connectivity index (χ0n) is 26.5. The van der Waals surface area contributed by atoms with Crippen molar-refractivity contribution in [1.82, 2.24) is 34.3 Å². The summed E-state index contributed by atoms with van der Waals surface area (Å²) < 4.78 is 44.2. The SMILES string of the molecule is CCN1CCN(Cc2ccc(C(=O)Nc3ccc(C)c(Nc4nccn4-c4cc(Nc5ccccn5)ncn4)c3)cc2C(F)(F)F)CC1. The van der Waals surface area contributed by atoms with E-state index in [0.29, 0.717) is 47.9 Å². The van der Waals surface area contributed by atoms with Crippen LogP contribution in [0.5, 0.6) is 0 Å². The molecule has 1 fully saturated rings. The summed E-state index contributed by atoms with van der Waals surface area (Å²) in [7, 11) is 0. The van der Waals surface area contributed by atoms with Crippen molar-refractivity contribution in [2.75, 3.05) is 48.7 Å². The molecule has 14 heteroatoms. The van der Waals surface area contributed by atoms with Crippen molar-refractivity contribution in [2.24, 2.45) is 0 Å². The number of hydrogen-bond acceptors (Lipinski definition) is 9. The lowest BCUT2D eigenvalue weighted by Crippen LogP contribution is -2.45. The minimum absolute atomic E-state index is 0.0774. The third kappa shape index (κ3) is 7.78. The molecule has 0 spiro atoms. The Kier molecular flexibility index (Phi) is 9.64. The maximum atomic E-state index is 14.2. The third-order valence-electron chi connectivity index (χ3n) is 8.19. The molecule has 4 heterocycles. The predicted molar refractivity (Wildman–Crippen MR) is 178 cm³/mol. The summed E-state index contributed by atoms with van der Waals surface area (Å²) in [6.45, 7) is 8.08. The quantitative estimate of drug-likeness (QED) is 0.160. The first-order valence-electron chi connectivity index (χ1n) is 15.5. The largest absolute Gasteiger partial charge is 0.416 e. The number of benzene rings is 2. The summed E-state index contributed by atoms with van der Waals surface area (Å²) in [5.41, 5.74) is 1.17. The first-order chi connectivity index (χ1) is 23.2. The van der Waals surface area contributed by atoms with Gasteiger partial charge in [-0.2, -0.15) is 13.2 Å². The fourth-order valence-electron chi connectivity index (χ4n) is 5.48. The van der Waals surface area contributed by atoms with Crippen molar-refractivity contribution in [3.8, 4) is 5.82 Å². The van der Waals surface area contributed by atoms with Crippen LogP contribution in [0.25, 0.3) is 5.82 Å². The Labute approximate surface area is 275 Å². The molecule has 0 aliphatic carbocycles. The Bertz CT molecular complexity index is 1870. The van der Waals surface area contributed by atoms with Crippen molar-refractivity contribution in [2.45, 2.75) is 26.6 Å². The van der Waals surface area contributed by atoms with Crippen LogP contribution in [-0.2, 0) is 12.7 Å². The maximum absolute atomic E-state index is 14.2. The smallest absolute Gasteiger partial charge is 0.325 e. The molecule has 3 aromatic heterocycles. The maximum Gasteiger partial charge on any atom is 0.416 e. The molecule has 1 saturated heterocycles. The Morgan fingerprint density at radius 2 is 1.67 bits per heavy atom. The molecule has 0 saturated carbocycles. The van der Waals surface area contributed by atoms with E-state index in [0.717, 1.165) is 31.3 Å². The number of amides is 1. The highest BCUT2D eigenvalue weighted by Crippen LogP contribution is 2.34. The molecule has 0 atom stereocenters. The van der Waals surface area contributed by atoms with Crippen LogP contribution in [0.4, 0.5) is 42.1 Å². The number of rotatable bonds is 10. The number of alkyl halides is 3. The molecule has 11 nitrogen and oxygen atoms in total. The van der Waals surface area contributed by atoms with Crippen molar-refractivity contribution < 1.29 is 18.0 Å². The van der Waals surface area contributed by atoms with Gasteiger partial charge in [0.05, 0.1) is 5.56 Å². The standard InChI is InChI=1S/C34H35F3N10O/c1-3-45-14-16-46(17-15-45)21-25-9-8-24(18-27(25)34(35,36)37)32(48)42-26-10-7-23(2)28(19-26)43-33-39-12-13-47(33)31-20-30(40-22-41-31)44-29-6-4-5-11-38-29/h4-13,18-20,22H,3,14-17,21H2,1-2H3,(H,39,43)(H,42,48)(H,38,40,41,44). The van der Waals surface area contributed by atoms with Crippen LogP contribution >= 0.6 is 0 Å². The lowest BCUT2D eigenvalue weighted by atomic mass is 10.0. The minimum atomic E-state index is -4.60. The molecule has 0 unspecified atom stereocenters. The van der Waals surface area contributed by atoms with Gasteiger partial charge >= 0.3 is 6.18 Å². The van der Waals surface area contributed by atoms with Crippen LogP contribution in [0.3, 0.4) is 0 Å². The van der Waals surface area contributed by atoms with Gasteiger partial charge < -0.3 is 20.9 Å². The Hall–Kier alpha value is -5.34. The summed E-state index contributed by atoms with van der Waals surface area (Å²) in [5, 5.41) is 9.16. The fourth-order valence-corrected chi connectivity index (χ4v) is 5.48. The molecular weight excluding hydrogens is 621 g/mol. The van der Waals surface area contributed by atoms with Crippen molar-refractivity contribution >= 4 is 34.9 Å². The van der Waals surface area contributed by atoms with E-state index < -0.39 is 17.6 Å². The second kappa shape index (κ2) is 14.2. The number of nitrogens with one attached hydrogen (secondary N) is 3.